The third-order valence-electron chi connectivity index (χ3n) is 7.72. The number of aromatic nitrogens is 1. The van der Waals surface area contributed by atoms with Crippen molar-refractivity contribution in [2.24, 2.45) is 16.7 Å². The zero-order valence-electron chi connectivity index (χ0n) is 17.3. The highest BCUT2D eigenvalue weighted by Crippen LogP contribution is 2.64. The summed E-state index contributed by atoms with van der Waals surface area (Å²) in [5.74, 6) is 2.15. The van der Waals surface area contributed by atoms with Crippen LogP contribution in [0.25, 0.3) is 0 Å². The van der Waals surface area contributed by atoms with Crippen molar-refractivity contribution in [1.82, 2.24) is 9.29 Å². The number of thiol groups is 1. The van der Waals surface area contributed by atoms with Crippen molar-refractivity contribution in [3.63, 3.8) is 0 Å². The predicted molar refractivity (Wildman–Crippen MR) is 111 cm³/mol. The number of hydrogen-bond acceptors (Lipinski definition) is 5. The lowest BCUT2D eigenvalue weighted by molar-refractivity contribution is -0.137. The van der Waals surface area contributed by atoms with E-state index in [1.165, 1.54) is 6.07 Å². The van der Waals surface area contributed by atoms with Crippen LogP contribution >= 0.6 is 0 Å². The minimum absolute atomic E-state index is 0.0256. The molecule has 3 fully saturated rings. The van der Waals surface area contributed by atoms with Crippen LogP contribution in [-0.4, -0.2) is 58.2 Å². The highest BCUT2D eigenvalue weighted by Gasteiger charge is 2.66. The number of aliphatic hydroxyl groups is 1. The second kappa shape index (κ2) is 7.67. The van der Waals surface area contributed by atoms with Crippen LogP contribution in [0.4, 0.5) is 19.0 Å². The fourth-order valence-corrected chi connectivity index (χ4v) is 7.26. The lowest BCUT2D eigenvalue weighted by Crippen LogP contribution is -2.55. The van der Waals surface area contributed by atoms with E-state index >= 15 is 0 Å². The second-order valence-electron chi connectivity index (χ2n) is 9.31. The molecular weight excluding hydrogens is 415 g/mol. The normalized spacial score (nSPS) is 31.5. The summed E-state index contributed by atoms with van der Waals surface area (Å²) in [7, 11) is 0. The zero-order chi connectivity index (χ0) is 21.7. The summed E-state index contributed by atoms with van der Waals surface area (Å²) in [6.07, 6.45) is -0.779. The Morgan fingerprint density at radius 2 is 2.07 bits per heavy atom. The van der Waals surface area contributed by atoms with Crippen LogP contribution in [0.5, 0.6) is 0 Å². The fourth-order valence-electron chi connectivity index (χ4n) is 5.48. The third-order valence-corrected chi connectivity index (χ3v) is 9.29. The van der Waals surface area contributed by atoms with E-state index in [1.807, 2.05) is 4.90 Å². The lowest BCUT2D eigenvalue weighted by atomic mass is 9.70. The Balaban J connectivity index is 1.40. The van der Waals surface area contributed by atoms with E-state index in [0.717, 1.165) is 42.8 Å². The highest BCUT2D eigenvalue weighted by atomic mass is 32.2. The molecule has 0 radical (unpaired) electrons. The van der Waals surface area contributed by atoms with Gasteiger partial charge in [0.25, 0.3) is 0 Å². The van der Waals surface area contributed by atoms with E-state index in [0.29, 0.717) is 43.6 Å². The van der Waals surface area contributed by atoms with Crippen molar-refractivity contribution in [2.45, 2.75) is 45.3 Å². The van der Waals surface area contributed by atoms with Gasteiger partial charge in [-0.1, -0.05) is 13.8 Å². The highest BCUT2D eigenvalue weighted by molar-refractivity contribution is 7.76. The van der Waals surface area contributed by atoms with E-state index in [4.69, 9.17) is 0 Å². The van der Waals surface area contributed by atoms with E-state index in [-0.39, 0.29) is 23.5 Å². The van der Waals surface area contributed by atoms with Gasteiger partial charge in [0, 0.05) is 25.7 Å². The zero-order valence-corrected chi connectivity index (χ0v) is 18.2. The molecule has 0 spiro atoms. The van der Waals surface area contributed by atoms with Crippen LogP contribution in [0.1, 0.15) is 38.7 Å². The number of rotatable bonds is 5. The molecule has 2 bridgehead atoms. The van der Waals surface area contributed by atoms with Crippen molar-refractivity contribution in [3.05, 3.63) is 23.9 Å². The van der Waals surface area contributed by atoms with Gasteiger partial charge >= 0.3 is 6.18 Å². The van der Waals surface area contributed by atoms with Crippen molar-refractivity contribution in [1.29, 1.82) is 0 Å². The topological polar surface area (TPSA) is 56.7 Å². The number of piperazine rings is 1. The maximum atomic E-state index is 12.8. The number of carbonyl (C=O) groups excluding carboxylic acids is 1. The standard InChI is InChI=1S/C21H28F3N3O2S/c1-19(2)14-5-6-20(19,17(29)9-14)13-30-27-8-7-26(11-16(27)12-28)18-4-3-15(10-25-18)21(22,23)24/h3-4,10,14,16,28H,5-9,11-13H2,1-2H3/p+1/t14-,16?,20-/m1/s1. The molecule has 5 nitrogen and oxygen atoms in total. The Morgan fingerprint density at radius 1 is 1.30 bits per heavy atom. The Morgan fingerprint density at radius 3 is 2.60 bits per heavy atom. The molecule has 2 aliphatic carbocycles. The first-order valence-corrected chi connectivity index (χ1v) is 11.5. The van der Waals surface area contributed by atoms with Crippen LogP contribution in [0.15, 0.2) is 18.3 Å². The summed E-state index contributed by atoms with van der Waals surface area (Å²) in [6.45, 7) is 6.19. The maximum absolute atomic E-state index is 12.8. The molecular formula is C21H29F3N3O2S+. The number of fused-ring (bicyclic) bond motifs is 2. The number of nitrogens with zero attached hydrogens (tertiary/aromatic N) is 3. The van der Waals surface area contributed by atoms with Crippen LogP contribution in [-0.2, 0) is 22.9 Å². The fraction of sp³-hybridized carbons (Fsp3) is 0.714. The smallest absolute Gasteiger partial charge is 0.394 e. The van der Waals surface area contributed by atoms with E-state index in [9.17, 15) is 23.1 Å². The average molecular weight is 445 g/mol. The Labute approximate surface area is 179 Å². The summed E-state index contributed by atoms with van der Waals surface area (Å²) < 4.78 is 40.5. The van der Waals surface area contributed by atoms with Gasteiger partial charge in [0.1, 0.15) is 17.4 Å². The molecule has 1 aliphatic heterocycles. The van der Waals surface area contributed by atoms with E-state index in [2.05, 4.69) is 23.1 Å². The Bertz CT molecular complexity index is 802. The van der Waals surface area contributed by atoms with Crippen molar-refractivity contribution < 1.29 is 23.1 Å². The third kappa shape index (κ3) is 3.52. The molecule has 1 N–H and O–H groups in total. The van der Waals surface area contributed by atoms with Crippen molar-refractivity contribution in [3.8, 4) is 0 Å². The molecule has 4 rings (SSSR count). The number of ketones is 1. The first-order valence-electron chi connectivity index (χ1n) is 10.4. The second-order valence-corrected chi connectivity index (χ2v) is 10.4. The van der Waals surface area contributed by atoms with Crippen LogP contribution in [0, 0.1) is 16.7 Å². The quantitative estimate of drug-likeness (QED) is 0.559. The molecule has 2 heterocycles. The number of hydrogen-bond donors (Lipinski definition) is 1. The van der Waals surface area contributed by atoms with E-state index in [1.54, 1.807) is 0 Å². The van der Waals surface area contributed by atoms with Crippen LogP contribution in [0.2, 0.25) is 0 Å². The number of carbonyl (C=O) groups is 1. The largest absolute Gasteiger partial charge is 0.417 e. The first kappa shape index (κ1) is 21.9. The molecule has 1 saturated heterocycles. The molecule has 9 heteroatoms. The summed E-state index contributed by atoms with van der Waals surface area (Å²) in [6, 6.07) is 2.30. The molecule has 3 atom stereocenters. The summed E-state index contributed by atoms with van der Waals surface area (Å²) in [5, 5.41) is 9.94. The van der Waals surface area contributed by atoms with Crippen LogP contribution < -0.4 is 4.90 Å². The molecule has 1 aromatic rings. The molecule has 1 aromatic heterocycles. The summed E-state index contributed by atoms with van der Waals surface area (Å²) in [4.78, 5) is 18.7. The van der Waals surface area contributed by atoms with Gasteiger partial charge in [-0.25, -0.2) is 4.98 Å². The minimum Gasteiger partial charge on any atom is -0.394 e. The number of pyridine rings is 1. The minimum atomic E-state index is -4.40. The summed E-state index contributed by atoms with van der Waals surface area (Å²) in [5.41, 5.74) is -0.997. The maximum Gasteiger partial charge on any atom is 0.417 e. The molecule has 30 heavy (non-hydrogen) atoms. The number of aliphatic hydroxyl groups excluding tert-OH is 1. The van der Waals surface area contributed by atoms with Crippen molar-refractivity contribution >= 4 is 23.5 Å². The van der Waals surface area contributed by atoms with Gasteiger partial charge in [0.05, 0.1) is 42.1 Å². The Kier molecular flexibility index (Phi) is 5.60. The molecule has 0 amide bonds. The average Bonchev–Trinajstić information content (AvgIpc) is 3.06. The molecule has 1 unspecified atom stereocenters. The van der Waals surface area contributed by atoms with E-state index < -0.39 is 11.7 Å². The predicted octanol–water partition coefficient (Wildman–Crippen LogP) is 2.71. The van der Waals surface area contributed by atoms with Gasteiger partial charge in [0.15, 0.2) is 0 Å². The Hall–Kier alpha value is -1.32. The first-order chi connectivity index (χ1) is 14.1. The molecule has 3 aliphatic rings. The van der Waals surface area contributed by atoms with Gasteiger partial charge in [0.2, 0.25) is 0 Å². The molecule has 2 saturated carbocycles. The number of alkyl halides is 3. The lowest BCUT2D eigenvalue weighted by Gasteiger charge is -2.39. The van der Waals surface area contributed by atoms with Gasteiger partial charge in [-0.2, -0.15) is 13.2 Å². The van der Waals surface area contributed by atoms with Gasteiger partial charge in [-0.05, 0) is 36.3 Å². The van der Waals surface area contributed by atoms with Gasteiger partial charge < -0.3 is 10.0 Å². The number of halogens is 3. The monoisotopic (exact) mass is 444 g/mol. The number of anilines is 1. The van der Waals surface area contributed by atoms with Gasteiger partial charge in [-0.3, -0.25) is 4.79 Å². The van der Waals surface area contributed by atoms with Gasteiger partial charge in [-0.15, -0.1) is 4.31 Å². The molecule has 166 valence electrons. The summed E-state index contributed by atoms with van der Waals surface area (Å²) >= 11 is 1.05. The van der Waals surface area contributed by atoms with Crippen molar-refractivity contribution in [2.75, 3.05) is 36.9 Å². The number of Topliss-reactive ketones (excluding diaryl/α,β-unsaturated/α-hetero) is 1. The molecule has 0 aromatic carbocycles. The SMILES string of the molecule is CC1(C)[C@@H]2CC[C@@]1(C[SH+]N1CCN(c3ccc(C(F)(F)F)cn3)CC1CO)C(=O)C2. The van der Waals surface area contributed by atoms with Crippen LogP contribution in [0.3, 0.4) is 0 Å².